The van der Waals surface area contributed by atoms with Crippen LogP contribution in [0.15, 0.2) is 17.0 Å². The predicted octanol–water partition coefficient (Wildman–Crippen LogP) is 2.75. The molecule has 1 aliphatic carbocycles. The molecule has 1 nitrogen and oxygen atoms in total. The minimum atomic E-state index is -0.862. The van der Waals surface area contributed by atoms with Crippen molar-refractivity contribution in [1.82, 2.24) is 0 Å². The van der Waals surface area contributed by atoms with Crippen molar-refractivity contribution < 1.29 is 13.9 Å². The van der Waals surface area contributed by atoms with Crippen molar-refractivity contribution in [3.05, 3.63) is 29.3 Å². The van der Waals surface area contributed by atoms with E-state index in [0.29, 0.717) is 17.7 Å². The molecular weight excluding hydrogens is 218 g/mol. The summed E-state index contributed by atoms with van der Waals surface area (Å²) in [7, 11) is 0. The Kier molecular flexibility index (Phi) is 2.73. The van der Waals surface area contributed by atoms with E-state index in [4.69, 9.17) is 0 Å². The predicted molar refractivity (Wildman–Crippen MR) is 56.0 cm³/mol. The second-order valence-corrected chi connectivity index (χ2v) is 4.79. The molecule has 0 radical (unpaired) electrons. The number of halogens is 2. The summed E-state index contributed by atoms with van der Waals surface area (Å²) in [5.41, 5.74) is -0.847. The first-order valence-corrected chi connectivity index (χ1v) is 6.01. The van der Waals surface area contributed by atoms with Gasteiger partial charge >= 0.3 is 0 Å². The topological polar surface area (TPSA) is 20.2 Å². The number of thioether (sulfide) groups is 1. The molecule has 1 N–H and O–H groups in total. The molecule has 82 valence electrons. The van der Waals surface area contributed by atoms with E-state index in [1.807, 2.05) is 0 Å². The van der Waals surface area contributed by atoms with Crippen LogP contribution in [0.5, 0.6) is 0 Å². The van der Waals surface area contributed by atoms with Crippen LogP contribution in [0.4, 0.5) is 8.78 Å². The van der Waals surface area contributed by atoms with Crippen LogP contribution in [0.1, 0.15) is 18.4 Å². The summed E-state index contributed by atoms with van der Waals surface area (Å²) < 4.78 is 27.1. The Labute approximate surface area is 91.5 Å². The normalized spacial score (nSPS) is 17.9. The summed E-state index contributed by atoms with van der Waals surface area (Å²) in [6.45, 7) is 0. The minimum Gasteiger partial charge on any atom is -0.390 e. The molecule has 0 bridgehead atoms. The van der Waals surface area contributed by atoms with Crippen molar-refractivity contribution in [3.8, 4) is 0 Å². The van der Waals surface area contributed by atoms with E-state index >= 15 is 0 Å². The van der Waals surface area contributed by atoms with Crippen molar-refractivity contribution in [2.75, 3.05) is 6.26 Å². The zero-order valence-corrected chi connectivity index (χ0v) is 9.20. The number of benzene rings is 1. The summed E-state index contributed by atoms with van der Waals surface area (Å²) in [6, 6.07) is 2.69. The minimum absolute atomic E-state index is 0.0156. The average molecular weight is 230 g/mol. The van der Waals surface area contributed by atoms with Crippen LogP contribution in [0.2, 0.25) is 0 Å². The lowest BCUT2D eigenvalue weighted by atomic mass is 10.1. The third-order valence-electron chi connectivity index (χ3n) is 2.70. The lowest BCUT2D eigenvalue weighted by Gasteiger charge is -2.11. The fourth-order valence-corrected chi connectivity index (χ4v) is 2.05. The first kappa shape index (κ1) is 10.9. The molecule has 0 aromatic heterocycles. The van der Waals surface area contributed by atoms with E-state index < -0.39 is 17.2 Å². The number of hydrogen-bond donors (Lipinski definition) is 1. The molecule has 0 spiro atoms. The maximum atomic E-state index is 13.7. The monoisotopic (exact) mass is 230 g/mol. The van der Waals surface area contributed by atoms with Crippen molar-refractivity contribution in [2.24, 2.45) is 0 Å². The standard InChI is InChI=1S/C11H12F2OS/c1-15-9-3-2-8(12)7(10(9)13)6-11(14)4-5-11/h2-3,14H,4-6H2,1H3. The molecule has 0 atom stereocenters. The largest absolute Gasteiger partial charge is 0.390 e. The summed E-state index contributed by atoms with van der Waals surface area (Å²) in [5, 5.41) is 9.65. The molecule has 1 aromatic rings. The highest BCUT2D eigenvalue weighted by Crippen LogP contribution is 2.40. The van der Waals surface area contributed by atoms with Crippen LogP contribution >= 0.6 is 11.8 Å². The molecule has 1 aliphatic rings. The third kappa shape index (κ3) is 2.16. The van der Waals surface area contributed by atoms with Crippen LogP contribution in [-0.2, 0) is 6.42 Å². The highest BCUT2D eigenvalue weighted by Gasteiger charge is 2.41. The summed E-state index contributed by atoms with van der Waals surface area (Å²) in [5.74, 6) is -1.09. The van der Waals surface area contributed by atoms with Gasteiger partial charge in [0.25, 0.3) is 0 Å². The Morgan fingerprint density at radius 1 is 1.40 bits per heavy atom. The van der Waals surface area contributed by atoms with Crippen molar-refractivity contribution in [1.29, 1.82) is 0 Å². The van der Waals surface area contributed by atoms with Crippen molar-refractivity contribution in [2.45, 2.75) is 29.8 Å². The van der Waals surface area contributed by atoms with Gasteiger partial charge in [-0.1, -0.05) is 0 Å². The third-order valence-corrected chi connectivity index (χ3v) is 3.46. The molecule has 4 heteroatoms. The SMILES string of the molecule is CSc1ccc(F)c(CC2(O)CC2)c1F. The first-order valence-electron chi connectivity index (χ1n) is 4.79. The lowest BCUT2D eigenvalue weighted by Crippen LogP contribution is -2.14. The molecule has 1 fully saturated rings. The van der Waals surface area contributed by atoms with E-state index in [0.717, 1.165) is 0 Å². The second-order valence-electron chi connectivity index (χ2n) is 3.94. The Balaban J connectivity index is 2.35. The van der Waals surface area contributed by atoms with E-state index in [-0.39, 0.29) is 12.0 Å². The molecule has 15 heavy (non-hydrogen) atoms. The van der Waals surface area contributed by atoms with E-state index in [2.05, 4.69) is 0 Å². The molecular formula is C11H12F2OS. The fraction of sp³-hybridized carbons (Fsp3) is 0.455. The van der Waals surface area contributed by atoms with Crippen molar-refractivity contribution in [3.63, 3.8) is 0 Å². The lowest BCUT2D eigenvalue weighted by molar-refractivity contribution is 0.148. The Hall–Kier alpha value is -0.610. The molecule has 0 amide bonds. The Bertz CT molecular complexity index is 388. The number of hydrogen-bond acceptors (Lipinski definition) is 2. The first-order chi connectivity index (χ1) is 7.06. The van der Waals surface area contributed by atoms with Crippen LogP contribution in [0, 0.1) is 11.6 Å². The van der Waals surface area contributed by atoms with Gasteiger partial charge in [0.15, 0.2) is 0 Å². The molecule has 1 aromatic carbocycles. The maximum Gasteiger partial charge on any atom is 0.142 e. The molecule has 0 heterocycles. The summed E-state index contributed by atoms with van der Waals surface area (Å²) in [6.07, 6.45) is 3.09. The van der Waals surface area contributed by atoms with Crippen LogP contribution in [0.3, 0.4) is 0 Å². The van der Waals surface area contributed by atoms with Crippen LogP contribution in [-0.4, -0.2) is 17.0 Å². The maximum absolute atomic E-state index is 13.7. The molecule has 0 unspecified atom stereocenters. The summed E-state index contributed by atoms with van der Waals surface area (Å²) in [4.78, 5) is 0.427. The number of rotatable bonds is 3. The smallest absolute Gasteiger partial charge is 0.142 e. The van der Waals surface area contributed by atoms with Gasteiger partial charge in [-0.2, -0.15) is 0 Å². The van der Waals surface area contributed by atoms with E-state index in [1.54, 1.807) is 6.26 Å². The van der Waals surface area contributed by atoms with Gasteiger partial charge in [-0.25, -0.2) is 8.78 Å². The van der Waals surface area contributed by atoms with E-state index in [1.165, 1.54) is 23.9 Å². The summed E-state index contributed by atoms with van der Waals surface area (Å²) >= 11 is 1.24. The van der Waals surface area contributed by atoms with Crippen LogP contribution in [0.25, 0.3) is 0 Å². The van der Waals surface area contributed by atoms with Gasteiger partial charge in [-0.3, -0.25) is 0 Å². The van der Waals surface area contributed by atoms with Gasteiger partial charge in [0.2, 0.25) is 0 Å². The highest BCUT2D eigenvalue weighted by molar-refractivity contribution is 7.98. The van der Waals surface area contributed by atoms with Crippen molar-refractivity contribution >= 4 is 11.8 Å². The Morgan fingerprint density at radius 3 is 2.60 bits per heavy atom. The van der Waals surface area contributed by atoms with Gasteiger partial charge in [0.1, 0.15) is 11.6 Å². The number of aliphatic hydroxyl groups is 1. The van der Waals surface area contributed by atoms with Crippen LogP contribution < -0.4 is 0 Å². The quantitative estimate of drug-likeness (QED) is 0.806. The second kappa shape index (κ2) is 3.76. The highest BCUT2D eigenvalue weighted by atomic mass is 32.2. The van der Waals surface area contributed by atoms with Gasteiger partial charge < -0.3 is 5.11 Å². The zero-order valence-electron chi connectivity index (χ0n) is 8.39. The Morgan fingerprint density at radius 2 is 2.07 bits per heavy atom. The van der Waals surface area contributed by atoms with Gasteiger partial charge in [0.05, 0.1) is 5.60 Å². The fourth-order valence-electron chi connectivity index (χ4n) is 1.55. The van der Waals surface area contributed by atoms with Gasteiger partial charge in [-0.05, 0) is 31.2 Å². The molecule has 1 saturated carbocycles. The average Bonchev–Trinajstić information content (AvgIpc) is 2.92. The molecule has 2 rings (SSSR count). The van der Waals surface area contributed by atoms with Gasteiger partial charge in [0, 0.05) is 16.9 Å². The van der Waals surface area contributed by atoms with E-state index in [9.17, 15) is 13.9 Å². The zero-order chi connectivity index (χ0) is 11.1. The van der Waals surface area contributed by atoms with Gasteiger partial charge in [-0.15, -0.1) is 11.8 Å². The molecule has 0 aliphatic heterocycles. The molecule has 0 saturated heterocycles.